The average molecular weight is 162 g/mol. The summed E-state index contributed by atoms with van der Waals surface area (Å²) in [5.74, 6) is 0.324. The van der Waals surface area contributed by atoms with Gasteiger partial charge in [-0.3, -0.25) is 0 Å². The number of benzene rings is 1. The van der Waals surface area contributed by atoms with Crippen LogP contribution in [0, 0.1) is 0 Å². The molecule has 0 radical (unpaired) electrons. The Morgan fingerprint density at radius 2 is 1.92 bits per heavy atom. The van der Waals surface area contributed by atoms with Crippen molar-refractivity contribution in [3.63, 3.8) is 0 Å². The number of rotatable bonds is 2. The first-order valence-electron chi connectivity index (χ1n) is 4.22. The fraction of sp³-hybridized carbons (Fsp3) is 0.273. The van der Waals surface area contributed by atoms with E-state index in [0.717, 1.165) is 6.42 Å². The third kappa shape index (κ3) is 1.88. The predicted molar refractivity (Wildman–Crippen MR) is 52.0 cm³/mol. The lowest BCUT2D eigenvalue weighted by atomic mass is 10.0. The van der Waals surface area contributed by atoms with Gasteiger partial charge in [-0.2, -0.15) is 0 Å². The second-order valence-electron chi connectivity index (χ2n) is 2.71. The summed E-state index contributed by atoms with van der Waals surface area (Å²) in [5.41, 5.74) is 2.51. The van der Waals surface area contributed by atoms with Gasteiger partial charge in [-0.25, -0.2) is 0 Å². The molecule has 1 aromatic rings. The number of hydrogen-bond donors (Lipinski definition) is 1. The minimum atomic E-state index is 0.324. The summed E-state index contributed by atoms with van der Waals surface area (Å²) in [6, 6.07) is 7.31. The van der Waals surface area contributed by atoms with Gasteiger partial charge in [0.05, 0.1) is 0 Å². The second-order valence-corrected chi connectivity index (χ2v) is 2.71. The van der Waals surface area contributed by atoms with Crippen LogP contribution in [0.2, 0.25) is 0 Å². The summed E-state index contributed by atoms with van der Waals surface area (Å²) < 4.78 is 0. The standard InChI is InChI=1S/C11H14O/c1-3-9(4-2)10-5-7-11(12)8-6-10/h3,5-8,12H,4H2,1-2H3/b9-3-. The molecule has 0 aromatic heterocycles. The van der Waals surface area contributed by atoms with Crippen LogP contribution in [-0.4, -0.2) is 5.11 Å². The molecule has 0 heterocycles. The van der Waals surface area contributed by atoms with Crippen LogP contribution in [0.5, 0.6) is 5.75 Å². The zero-order chi connectivity index (χ0) is 8.97. The van der Waals surface area contributed by atoms with E-state index >= 15 is 0 Å². The molecule has 1 N–H and O–H groups in total. The van der Waals surface area contributed by atoms with Crippen LogP contribution in [0.1, 0.15) is 25.8 Å². The first-order chi connectivity index (χ1) is 5.77. The van der Waals surface area contributed by atoms with Crippen molar-refractivity contribution in [2.24, 2.45) is 0 Å². The molecule has 0 aliphatic carbocycles. The zero-order valence-electron chi connectivity index (χ0n) is 7.54. The van der Waals surface area contributed by atoms with Crippen molar-refractivity contribution in [2.45, 2.75) is 20.3 Å². The molecular formula is C11H14O. The molecule has 0 bridgehead atoms. The van der Waals surface area contributed by atoms with Crippen molar-refractivity contribution in [2.75, 3.05) is 0 Å². The molecule has 0 spiro atoms. The molecule has 0 atom stereocenters. The van der Waals surface area contributed by atoms with E-state index in [4.69, 9.17) is 5.11 Å². The lowest BCUT2D eigenvalue weighted by Gasteiger charge is -2.03. The minimum Gasteiger partial charge on any atom is -0.508 e. The van der Waals surface area contributed by atoms with Gasteiger partial charge in [-0.05, 0) is 36.6 Å². The summed E-state index contributed by atoms with van der Waals surface area (Å²) in [6.07, 6.45) is 3.13. The Balaban J connectivity index is 2.96. The molecule has 1 aromatic carbocycles. The Kier molecular flexibility index (Phi) is 2.92. The maximum atomic E-state index is 9.06. The monoisotopic (exact) mass is 162 g/mol. The Bertz CT molecular complexity index is 270. The Hall–Kier alpha value is -1.24. The fourth-order valence-corrected chi connectivity index (χ4v) is 1.25. The Morgan fingerprint density at radius 3 is 2.33 bits per heavy atom. The zero-order valence-corrected chi connectivity index (χ0v) is 7.54. The van der Waals surface area contributed by atoms with E-state index in [9.17, 15) is 0 Å². The van der Waals surface area contributed by atoms with Crippen LogP contribution >= 0.6 is 0 Å². The number of phenolic OH excluding ortho intramolecular Hbond substituents is 1. The molecule has 0 unspecified atom stereocenters. The lowest BCUT2D eigenvalue weighted by Crippen LogP contribution is -1.80. The van der Waals surface area contributed by atoms with Crippen LogP contribution in [-0.2, 0) is 0 Å². The third-order valence-corrected chi connectivity index (χ3v) is 1.97. The molecule has 0 aliphatic heterocycles. The van der Waals surface area contributed by atoms with Gasteiger partial charge >= 0.3 is 0 Å². The number of phenols is 1. The van der Waals surface area contributed by atoms with E-state index in [2.05, 4.69) is 13.0 Å². The lowest BCUT2D eigenvalue weighted by molar-refractivity contribution is 0.475. The van der Waals surface area contributed by atoms with E-state index in [0.29, 0.717) is 5.75 Å². The number of hydrogen-bond acceptors (Lipinski definition) is 1. The smallest absolute Gasteiger partial charge is 0.115 e. The van der Waals surface area contributed by atoms with Gasteiger partial charge in [0.25, 0.3) is 0 Å². The summed E-state index contributed by atoms with van der Waals surface area (Å²) in [4.78, 5) is 0. The summed E-state index contributed by atoms with van der Waals surface area (Å²) in [6.45, 7) is 4.16. The number of allylic oxidation sites excluding steroid dienone is 2. The number of aromatic hydroxyl groups is 1. The molecule has 0 fully saturated rings. The molecule has 0 saturated carbocycles. The molecule has 1 nitrogen and oxygen atoms in total. The van der Waals surface area contributed by atoms with E-state index in [1.807, 2.05) is 19.1 Å². The first kappa shape index (κ1) is 8.85. The van der Waals surface area contributed by atoms with Gasteiger partial charge in [0.15, 0.2) is 0 Å². The van der Waals surface area contributed by atoms with Gasteiger partial charge in [0.2, 0.25) is 0 Å². The largest absolute Gasteiger partial charge is 0.508 e. The minimum absolute atomic E-state index is 0.324. The second kappa shape index (κ2) is 3.96. The van der Waals surface area contributed by atoms with Gasteiger partial charge < -0.3 is 5.11 Å². The summed E-state index contributed by atoms with van der Waals surface area (Å²) in [7, 11) is 0. The highest BCUT2D eigenvalue weighted by Gasteiger charge is 1.96. The van der Waals surface area contributed by atoms with Crippen molar-refractivity contribution in [3.05, 3.63) is 35.9 Å². The fourth-order valence-electron chi connectivity index (χ4n) is 1.25. The van der Waals surface area contributed by atoms with Crippen LogP contribution < -0.4 is 0 Å². The van der Waals surface area contributed by atoms with Crippen LogP contribution in [0.15, 0.2) is 30.3 Å². The topological polar surface area (TPSA) is 20.2 Å². The maximum absolute atomic E-state index is 9.06. The normalized spacial score (nSPS) is 11.7. The average Bonchev–Trinajstić information content (AvgIpc) is 2.10. The van der Waals surface area contributed by atoms with E-state index in [1.54, 1.807) is 12.1 Å². The Labute approximate surface area is 73.4 Å². The highest BCUT2D eigenvalue weighted by Crippen LogP contribution is 2.19. The van der Waals surface area contributed by atoms with Gasteiger partial charge in [-0.1, -0.05) is 25.1 Å². The summed E-state index contributed by atoms with van der Waals surface area (Å²) in [5, 5.41) is 9.06. The van der Waals surface area contributed by atoms with Crippen LogP contribution in [0.4, 0.5) is 0 Å². The molecule has 0 saturated heterocycles. The van der Waals surface area contributed by atoms with Gasteiger partial charge in [-0.15, -0.1) is 0 Å². The highest BCUT2D eigenvalue weighted by molar-refractivity contribution is 5.65. The van der Waals surface area contributed by atoms with Crippen LogP contribution in [0.3, 0.4) is 0 Å². The summed E-state index contributed by atoms with van der Waals surface area (Å²) >= 11 is 0. The Morgan fingerprint density at radius 1 is 1.33 bits per heavy atom. The van der Waals surface area contributed by atoms with Crippen LogP contribution in [0.25, 0.3) is 5.57 Å². The molecule has 0 aliphatic rings. The SMILES string of the molecule is C/C=C(/CC)c1ccc(O)cc1. The van der Waals surface area contributed by atoms with Crippen molar-refractivity contribution >= 4 is 5.57 Å². The van der Waals surface area contributed by atoms with E-state index in [-0.39, 0.29) is 0 Å². The predicted octanol–water partition coefficient (Wildman–Crippen LogP) is 3.21. The molecular weight excluding hydrogens is 148 g/mol. The molecule has 1 heteroatoms. The van der Waals surface area contributed by atoms with E-state index < -0.39 is 0 Å². The quantitative estimate of drug-likeness (QED) is 0.708. The molecule has 64 valence electrons. The third-order valence-electron chi connectivity index (χ3n) is 1.97. The van der Waals surface area contributed by atoms with Crippen molar-refractivity contribution < 1.29 is 5.11 Å². The van der Waals surface area contributed by atoms with Gasteiger partial charge in [0, 0.05) is 0 Å². The van der Waals surface area contributed by atoms with Crippen molar-refractivity contribution in [1.82, 2.24) is 0 Å². The first-order valence-corrected chi connectivity index (χ1v) is 4.22. The molecule has 1 rings (SSSR count). The van der Waals surface area contributed by atoms with Gasteiger partial charge in [0.1, 0.15) is 5.75 Å². The molecule has 12 heavy (non-hydrogen) atoms. The van der Waals surface area contributed by atoms with Crippen molar-refractivity contribution in [3.8, 4) is 5.75 Å². The van der Waals surface area contributed by atoms with E-state index in [1.165, 1.54) is 11.1 Å². The molecule has 0 amide bonds. The highest BCUT2D eigenvalue weighted by atomic mass is 16.3. The maximum Gasteiger partial charge on any atom is 0.115 e. The van der Waals surface area contributed by atoms with Crippen molar-refractivity contribution in [1.29, 1.82) is 0 Å².